The largest absolute Gasteiger partial charge is 0.359 e. The van der Waals surface area contributed by atoms with Gasteiger partial charge in [0.25, 0.3) is 0 Å². The van der Waals surface area contributed by atoms with Crippen LogP contribution < -0.4 is 10.6 Å². The minimum atomic E-state index is -0.537. The van der Waals surface area contributed by atoms with Gasteiger partial charge in [-0.15, -0.1) is 24.0 Å². The van der Waals surface area contributed by atoms with Crippen molar-refractivity contribution < 1.29 is 4.79 Å². The highest BCUT2D eigenvalue weighted by Gasteiger charge is 2.26. The number of aliphatic imine (C=N–C) groups is 1. The molecule has 0 aliphatic carbocycles. The van der Waals surface area contributed by atoms with E-state index in [0.717, 1.165) is 23.5 Å². The number of aromatic nitrogens is 1. The van der Waals surface area contributed by atoms with Crippen molar-refractivity contribution in [1.29, 1.82) is 0 Å². The molecule has 0 fully saturated rings. The van der Waals surface area contributed by atoms with Crippen LogP contribution in [0.2, 0.25) is 0 Å². The maximum atomic E-state index is 11.9. The van der Waals surface area contributed by atoms with E-state index in [-0.39, 0.29) is 29.9 Å². The van der Waals surface area contributed by atoms with E-state index in [4.69, 9.17) is 0 Å². The van der Waals surface area contributed by atoms with Crippen molar-refractivity contribution in [3.8, 4) is 0 Å². The van der Waals surface area contributed by atoms with E-state index in [1.807, 2.05) is 41.1 Å². The summed E-state index contributed by atoms with van der Waals surface area (Å²) in [4.78, 5) is 18.6. The summed E-state index contributed by atoms with van der Waals surface area (Å²) in [5.74, 6) is 0.785. The molecule has 0 atom stereocenters. The molecule has 1 heterocycles. The highest BCUT2D eigenvalue weighted by Crippen LogP contribution is 2.17. The summed E-state index contributed by atoms with van der Waals surface area (Å²) in [6, 6.07) is 2.09. The number of carbonyl (C=O) groups excluding carboxylic acids is 1. The lowest BCUT2D eigenvalue weighted by Crippen LogP contribution is -2.41. The van der Waals surface area contributed by atoms with Crippen LogP contribution in [0.4, 0.5) is 0 Å². The number of amides is 1. The number of nitrogens with zero attached hydrogens (tertiary/aromatic N) is 3. The van der Waals surface area contributed by atoms with Crippen molar-refractivity contribution in [3.05, 3.63) is 22.4 Å². The van der Waals surface area contributed by atoms with Gasteiger partial charge in [-0.3, -0.25) is 9.79 Å². The molecule has 24 heavy (non-hydrogen) atoms. The van der Waals surface area contributed by atoms with Crippen LogP contribution in [0.5, 0.6) is 0 Å². The molecule has 138 valence electrons. The minimum absolute atomic E-state index is 0. The molecule has 8 heteroatoms. The number of hydrogen-bond donors (Lipinski definition) is 2. The number of rotatable bonds is 6. The Balaban J connectivity index is 0.00000529. The first-order valence-electron chi connectivity index (χ1n) is 7.73. The van der Waals surface area contributed by atoms with E-state index in [1.54, 1.807) is 7.05 Å². The lowest BCUT2D eigenvalue weighted by molar-refractivity contribution is -0.128. The molecular formula is C16H29BrIN5O. The van der Waals surface area contributed by atoms with Crippen LogP contribution in [-0.4, -0.2) is 48.5 Å². The Morgan fingerprint density at radius 1 is 1.46 bits per heavy atom. The first-order chi connectivity index (χ1) is 10.7. The van der Waals surface area contributed by atoms with Gasteiger partial charge in [0.05, 0.1) is 18.5 Å². The van der Waals surface area contributed by atoms with Gasteiger partial charge in [-0.25, -0.2) is 0 Å². The molecule has 0 bridgehead atoms. The monoisotopic (exact) mass is 513 g/mol. The molecule has 2 N–H and O–H groups in total. The SMILES string of the molecule is CCNC(=NCC(C)(C)C(=O)NC)N(C)Cc1cc(Br)cn1C.I. The molecule has 0 spiro atoms. The zero-order chi connectivity index (χ0) is 17.6. The summed E-state index contributed by atoms with van der Waals surface area (Å²) in [7, 11) is 5.67. The third kappa shape index (κ3) is 6.62. The van der Waals surface area contributed by atoms with E-state index < -0.39 is 5.41 Å². The molecule has 1 rings (SSSR count). The van der Waals surface area contributed by atoms with Gasteiger partial charge in [-0.1, -0.05) is 0 Å². The van der Waals surface area contributed by atoms with Crippen LogP contribution in [0.3, 0.4) is 0 Å². The summed E-state index contributed by atoms with van der Waals surface area (Å²) in [6.45, 7) is 7.76. The first kappa shape index (κ1) is 23.2. The number of nitrogens with one attached hydrogen (secondary N) is 2. The van der Waals surface area contributed by atoms with Gasteiger partial charge in [0.2, 0.25) is 5.91 Å². The lowest BCUT2D eigenvalue weighted by Gasteiger charge is -2.25. The number of halogens is 2. The molecule has 0 aromatic carbocycles. The molecule has 0 aliphatic heterocycles. The predicted octanol–water partition coefficient (Wildman–Crippen LogP) is 2.58. The molecule has 0 radical (unpaired) electrons. The molecule has 0 saturated heterocycles. The predicted molar refractivity (Wildman–Crippen MR) is 114 cm³/mol. The van der Waals surface area contributed by atoms with E-state index in [0.29, 0.717) is 6.54 Å². The van der Waals surface area contributed by atoms with Gasteiger partial charge in [0.15, 0.2) is 5.96 Å². The molecule has 1 aromatic rings. The second kappa shape index (κ2) is 10.3. The van der Waals surface area contributed by atoms with Crippen molar-refractivity contribution >= 4 is 51.8 Å². The number of aryl methyl sites for hydroxylation is 1. The molecule has 0 aliphatic rings. The summed E-state index contributed by atoms with van der Waals surface area (Å²) in [5, 5.41) is 5.97. The van der Waals surface area contributed by atoms with Crippen LogP contribution in [-0.2, 0) is 18.4 Å². The van der Waals surface area contributed by atoms with Gasteiger partial charge < -0.3 is 20.1 Å². The molecule has 0 unspecified atom stereocenters. The molecular weight excluding hydrogens is 485 g/mol. The average molecular weight is 514 g/mol. The summed E-state index contributed by atoms with van der Waals surface area (Å²) < 4.78 is 3.14. The van der Waals surface area contributed by atoms with E-state index in [9.17, 15) is 4.79 Å². The van der Waals surface area contributed by atoms with Crippen molar-refractivity contribution in [2.24, 2.45) is 17.5 Å². The number of guanidine groups is 1. The highest BCUT2D eigenvalue weighted by atomic mass is 127. The number of hydrogen-bond acceptors (Lipinski definition) is 2. The second-order valence-corrected chi connectivity index (χ2v) is 7.17. The third-order valence-electron chi connectivity index (χ3n) is 3.64. The first-order valence-corrected chi connectivity index (χ1v) is 8.53. The topological polar surface area (TPSA) is 61.7 Å². The zero-order valence-electron chi connectivity index (χ0n) is 15.3. The zero-order valence-corrected chi connectivity index (χ0v) is 19.2. The molecule has 1 amide bonds. The van der Waals surface area contributed by atoms with Gasteiger partial charge >= 0.3 is 0 Å². The Morgan fingerprint density at radius 2 is 2.08 bits per heavy atom. The second-order valence-electron chi connectivity index (χ2n) is 6.25. The van der Waals surface area contributed by atoms with Gasteiger partial charge in [-0.05, 0) is 42.8 Å². The van der Waals surface area contributed by atoms with Crippen LogP contribution in [0, 0.1) is 5.41 Å². The summed E-state index contributed by atoms with van der Waals surface area (Å²) >= 11 is 3.49. The molecule has 6 nitrogen and oxygen atoms in total. The van der Waals surface area contributed by atoms with Crippen LogP contribution in [0.25, 0.3) is 0 Å². The van der Waals surface area contributed by atoms with E-state index >= 15 is 0 Å². The normalized spacial score (nSPS) is 11.7. The van der Waals surface area contributed by atoms with Crippen molar-refractivity contribution in [2.45, 2.75) is 27.3 Å². The van der Waals surface area contributed by atoms with Crippen LogP contribution in [0.1, 0.15) is 26.5 Å². The van der Waals surface area contributed by atoms with E-state index in [2.05, 4.69) is 47.1 Å². The Morgan fingerprint density at radius 3 is 2.54 bits per heavy atom. The van der Waals surface area contributed by atoms with E-state index in [1.165, 1.54) is 5.69 Å². The van der Waals surface area contributed by atoms with Gasteiger partial charge in [-0.2, -0.15) is 0 Å². The Kier molecular flexibility index (Phi) is 9.94. The minimum Gasteiger partial charge on any atom is -0.359 e. The van der Waals surface area contributed by atoms with Gasteiger partial charge in [0, 0.05) is 44.1 Å². The number of carbonyl (C=O) groups is 1. The Labute approximate surface area is 170 Å². The fraction of sp³-hybridized carbons (Fsp3) is 0.625. The lowest BCUT2D eigenvalue weighted by atomic mass is 9.93. The molecule has 0 saturated carbocycles. The highest BCUT2D eigenvalue weighted by molar-refractivity contribution is 14.0. The summed E-state index contributed by atoms with van der Waals surface area (Å²) in [5.41, 5.74) is 0.639. The fourth-order valence-electron chi connectivity index (χ4n) is 2.19. The van der Waals surface area contributed by atoms with Crippen molar-refractivity contribution in [3.63, 3.8) is 0 Å². The van der Waals surface area contributed by atoms with Crippen LogP contribution in [0.15, 0.2) is 21.7 Å². The molecule has 1 aromatic heterocycles. The maximum Gasteiger partial charge on any atom is 0.227 e. The Hall–Kier alpha value is -0.770. The quantitative estimate of drug-likeness (QED) is 0.349. The fourth-order valence-corrected chi connectivity index (χ4v) is 2.76. The van der Waals surface area contributed by atoms with Crippen LogP contribution >= 0.6 is 39.9 Å². The van der Waals surface area contributed by atoms with Crippen molar-refractivity contribution in [1.82, 2.24) is 20.1 Å². The van der Waals surface area contributed by atoms with Crippen molar-refractivity contribution in [2.75, 3.05) is 27.2 Å². The standard InChI is InChI=1S/C16H28BrN5O.HI/c1-7-19-15(20-11-16(2,3)14(23)18-4)22(6)10-13-8-12(17)9-21(13)5;/h8-9H,7,10-11H2,1-6H3,(H,18,23)(H,19,20);1H. The van der Waals surface area contributed by atoms with Gasteiger partial charge in [0.1, 0.15) is 0 Å². The smallest absolute Gasteiger partial charge is 0.227 e. The maximum absolute atomic E-state index is 11.9. The average Bonchev–Trinajstić information content (AvgIpc) is 2.80. The summed E-state index contributed by atoms with van der Waals surface area (Å²) in [6.07, 6.45) is 2.03. The Bertz CT molecular complexity index is 571. The third-order valence-corrected chi connectivity index (χ3v) is 4.07.